The molecule has 0 saturated carbocycles. The van der Waals surface area contributed by atoms with Crippen molar-refractivity contribution in [2.75, 3.05) is 0 Å². The number of benzene rings is 1. The molecule has 2 rings (SSSR count). The molecular formula is C12H8N2O3. The molecule has 0 aliphatic heterocycles. The molecule has 0 aliphatic rings. The zero-order chi connectivity index (χ0) is 12.3. The van der Waals surface area contributed by atoms with Gasteiger partial charge in [-0.25, -0.2) is 9.78 Å². The van der Waals surface area contributed by atoms with E-state index in [9.17, 15) is 4.79 Å². The van der Waals surface area contributed by atoms with Gasteiger partial charge in [-0.15, -0.1) is 0 Å². The largest absolute Gasteiger partial charge is 0.478 e. The molecule has 0 amide bonds. The number of hydrogen-bond acceptors (Lipinski definition) is 4. The Kier molecular flexibility index (Phi) is 2.88. The van der Waals surface area contributed by atoms with E-state index >= 15 is 0 Å². The first-order valence-electron chi connectivity index (χ1n) is 4.87. The molecule has 84 valence electrons. The third kappa shape index (κ3) is 2.32. The molecule has 1 aromatic carbocycles. The summed E-state index contributed by atoms with van der Waals surface area (Å²) in [7, 11) is 0. The van der Waals surface area contributed by atoms with E-state index < -0.39 is 5.97 Å². The maximum absolute atomic E-state index is 10.4. The van der Waals surface area contributed by atoms with Crippen molar-refractivity contribution in [2.45, 2.75) is 6.42 Å². The minimum absolute atomic E-state index is 0.216. The van der Waals surface area contributed by atoms with Gasteiger partial charge < -0.3 is 9.52 Å². The summed E-state index contributed by atoms with van der Waals surface area (Å²) < 4.78 is 5.33. The van der Waals surface area contributed by atoms with Crippen LogP contribution in [0.1, 0.15) is 11.5 Å². The molecule has 0 saturated heterocycles. The standard InChI is InChI=1S/C12H8N2O3/c13-7-6-8-2-1-3-9-12(8)14-10(17-9)4-5-11(15)16/h1-5H,6H2,(H,15,16)/b5-4+. The van der Waals surface area contributed by atoms with Crippen molar-refractivity contribution in [1.29, 1.82) is 5.26 Å². The molecule has 0 bridgehead atoms. The predicted octanol–water partition coefficient (Wildman–Crippen LogP) is 1.99. The number of oxazole rings is 1. The molecule has 0 unspecified atom stereocenters. The van der Waals surface area contributed by atoms with Crippen molar-refractivity contribution in [3.63, 3.8) is 0 Å². The second-order valence-electron chi connectivity index (χ2n) is 3.32. The number of carbonyl (C=O) groups is 1. The van der Waals surface area contributed by atoms with Gasteiger partial charge in [-0.1, -0.05) is 12.1 Å². The number of hydrogen-bond donors (Lipinski definition) is 1. The lowest BCUT2D eigenvalue weighted by atomic mass is 10.1. The Hall–Kier alpha value is -2.61. The molecule has 0 radical (unpaired) electrons. The molecule has 0 spiro atoms. The van der Waals surface area contributed by atoms with E-state index in [2.05, 4.69) is 4.98 Å². The van der Waals surface area contributed by atoms with Crippen LogP contribution in [0.5, 0.6) is 0 Å². The molecule has 1 aromatic heterocycles. The number of aliphatic carboxylic acids is 1. The Morgan fingerprint density at radius 3 is 3.12 bits per heavy atom. The normalized spacial score (nSPS) is 10.8. The molecule has 5 nitrogen and oxygen atoms in total. The summed E-state index contributed by atoms with van der Waals surface area (Å²) in [4.78, 5) is 14.5. The van der Waals surface area contributed by atoms with Crippen LogP contribution < -0.4 is 0 Å². The summed E-state index contributed by atoms with van der Waals surface area (Å²) >= 11 is 0. The Balaban J connectivity index is 2.47. The van der Waals surface area contributed by atoms with Gasteiger partial charge in [0.2, 0.25) is 5.89 Å². The SMILES string of the molecule is N#CCc1cccc2oc(/C=C/C(=O)O)nc12. The zero-order valence-corrected chi connectivity index (χ0v) is 8.75. The highest BCUT2D eigenvalue weighted by molar-refractivity contribution is 5.85. The highest BCUT2D eigenvalue weighted by Gasteiger charge is 2.07. The number of carboxylic acid groups (broad SMARTS) is 1. The second kappa shape index (κ2) is 4.49. The fraction of sp³-hybridized carbons (Fsp3) is 0.0833. The Morgan fingerprint density at radius 2 is 2.41 bits per heavy atom. The van der Waals surface area contributed by atoms with E-state index in [1.807, 2.05) is 6.07 Å². The van der Waals surface area contributed by atoms with E-state index in [4.69, 9.17) is 14.8 Å². The second-order valence-corrected chi connectivity index (χ2v) is 3.32. The van der Waals surface area contributed by atoms with Crippen molar-refractivity contribution in [2.24, 2.45) is 0 Å². The molecular weight excluding hydrogens is 220 g/mol. The summed E-state index contributed by atoms with van der Waals surface area (Å²) in [6.07, 6.45) is 2.47. The lowest BCUT2D eigenvalue weighted by Crippen LogP contribution is -1.86. The van der Waals surface area contributed by atoms with Crippen LogP contribution in [0, 0.1) is 11.3 Å². The van der Waals surface area contributed by atoms with Gasteiger partial charge in [-0.3, -0.25) is 0 Å². The van der Waals surface area contributed by atoms with E-state index in [1.165, 1.54) is 6.08 Å². The van der Waals surface area contributed by atoms with Gasteiger partial charge in [-0.2, -0.15) is 5.26 Å². The number of para-hydroxylation sites is 1. The number of carboxylic acids is 1. The lowest BCUT2D eigenvalue weighted by molar-refractivity contribution is -0.131. The minimum Gasteiger partial charge on any atom is -0.478 e. The Morgan fingerprint density at radius 1 is 1.59 bits per heavy atom. The highest BCUT2D eigenvalue weighted by atomic mass is 16.4. The fourth-order valence-corrected chi connectivity index (χ4v) is 1.46. The lowest BCUT2D eigenvalue weighted by Gasteiger charge is -1.92. The minimum atomic E-state index is -1.07. The summed E-state index contributed by atoms with van der Waals surface area (Å²) in [5.74, 6) is -0.850. The van der Waals surface area contributed by atoms with Gasteiger partial charge >= 0.3 is 5.97 Å². The summed E-state index contributed by atoms with van der Waals surface area (Å²) in [6.45, 7) is 0. The van der Waals surface area contributed by atoms with Crippen LogP contribution in [-0.2, 0) is 11.2 Å². The quantitative estimate of drug-likeness (QED) is 0.811. The molecule has 5 heteroatoms. The van der Waals surface area contributed by atoms with Gasteiger partial charge in [0.05, 0.1) is 12.5 Å². The average molecular weight is 228 g/mol. The van der Waals surface area contributed by atoms with Crippen LogP contribution in [0.2, 0.25) is 0 Å². The molecule has 1 N–H and O–H groups in total. The van der Waals surface area contributed by atoms with Crippen molar-refractivity contribution >= 4 is 23.1 Å². The first-order chi connectivity index (χ1) is 8.20. The van der Waals surface area contributed by atoms with E-state index in [-0.39, 0.29) is 12.3 Å². The summed E-state index contributed by atoms with van der Waals surface area (Å²) in [5.41, 5.74) is 1.91. The predicted molar refractivity (Wildman–Crippen MR) is 60.0 cm³/mol. The number of aromatic nitrogens is 1. The number of nitriles is 1. The van der Waals surface area contributed by atoms with Crippen LogP contribution in [0.3, 0.4) is 0 Å². The maximum Gasteiger partial charge on any atom is 0.328 e. The van der Waals surface area contributed by atoms with Crippen LogP contribution >= 0.6 is 0 Å². The smallest absolute Gasteiger partial charge is 0.328 e. The molecule has 0 atom stereocenters. The van der Waals surface area contributed by atoms with Crippen molar-refractivity contribution in [3.05, 3.63) is 35.7 Å². The summed E-state index contributed by atoms with van der Waals surface area (Å²) in [6, 6.07) is 7.32. The van der Waals surface area contributed by atoms with E-state index in [0.717, 1.165) is 11.6 Å². The van der Waals surface area contributed by atoms with Gasteiger partial charge in [0.15, 0.2) is 5.58 Å². The number of nitrogens with zero attached hydrogens (tertiary/aromatic N) is 2. The van der Waals surface area contributed by atoms with Crippen molar-refractivity contribution in [1.82, 2.24) is 4.98 Å². The van der Waals surface area contributed by atoms with Gasteiger partial charge in [-0.05, 0) is 11.6 Å². The highest BCUT2D eigenvalue weighted by Crippen LogP contribution is 2.20. The molecule has 0 aliphatic carbocycles. The first-order valence-corrected chi connectivity index (χ1v) is 4.87. The molecule has 17 heavy (non-hydrogen) atoms. The number of fused-ring (bicyclic) bond motifs is 1. The fourth-order valence-electron chi connectivity index (χ4n) is 1.46. The Labute approximate surface area is 96.6 Å². The average Bonchev–Trinajstić information content (AvgIpc) is 2.71. The molecule has 1 heterocycles. The van der Waals surface area contributed by atoms with Crippen LogP contribution in [0.25, 0.3) is 17.2 Å². The topological polar surface area (TPSA) is 87.1 Å². The molecule has 0 fully saturated rings. The van der Waals surface area contributed by atoms with Crippen molar-refractivity contribution < 1.29 is 14.3 Å². The first kappa shape index (κ1) is 10.9. The monoisotopic (exact) mass is 228 g/mol. The zero-order valence-electron chi connectivity index (χ0n) is 8.75. The summed E-state index contributed by atoms with van der Waals surface area (Å²) in [5, 5.41) is 17.2. The van der Waals surface area contributed by atoms with Gasteiger partial charge in [0.25, 0.3) is 0 Å². The van der Waals surface area contributed by atoms with E-state index in [1.54, 1.807) is 18.2 Å². The van der Waals surface area contributed by atoms with Crippen LogP contribution in [-0.4, -0.2) is 16.1 Å². The van der Waals surface area contributed by atoms with Crippen LogP contribution in [0.4, 0.5) is 0 Å². The van der Waals surface area contributed by atoms with Crippen LogP contribution in [0.15, 0.2) is 28.7 Å². The third-order valence-corrected chi connectivity index (χ3v) is 2.16. The van der Waals surface area contributed by atoms with E-state index in [0.29, 0.717) is 11.1 Å². The third-order valence-electron chi connectivity index (χ3n) is 2.16. The van der Waals surface area contributed by atoms with Gasteiger partial charge in [0, 0.05) is 12.2 Å². The maximum atomic E-state index is 10.4. The van der Waals surface area contributed by atoms with Gasteiger partial charge in [0.1, 0.15) is 5.52 Å². The number of rotatable bonds is 3. The Bertz CT molecular complexity index is 635. The van der Waals surface area contributed by atoms with Crippen molar-refractivity contribution in [3.8, 4) is 6.07 Å². The molecule has 2 aromatic rings.